The summed E-state index contributed by atoms with van der Waals surface area (Å²) < 4.78 is 5.56. The van der Waals surface area contributed by atoms with Gasteiger partial charge in [0.2, 0.25) is 0 Å². The summed E-state index contributed by atoms with van der Waals surface area (Å²) >= 11 is 5.60. The van der Waals surface area contributed by atoms with E-state index in [-0.39, 0.29) is 0 Å². The van der Waals surface area contributed by atoms with Crippen molar-refractivity contribution >= 4 is 11.6 Å². The van der Waals surface area contributed by atoms with Crippen LogP contribution < -0.4 is 5.32 Å². The molecular weight excluding hydrogens is 174 g/mol. The molecule has 2 atom stereocenters. The van der Waals surface area contributed by atoms with Gasteiger partial charge in [0.1, 0.15) is 0 Å². The Kier molecular flexibility index (Phi) is 4.06. The number of hydrogen-bond donors (Lipinski definition) is 1. The predicted molar refractivity (Wildman–Crippen MR) is 51.4 cm³/mol. The molecule has 1 aliphatic rings. The maximum absolute atomic E-state index is 5.60. The van der Waals surface area contributed by atoms with Gasteiger partial charge in [-0.2, -0.15) is 0 Å². The summed E-state index contributed by atoms with van der Waals surface area (Å²) in [6, 6.07) is 0. The van der Waals surface area contributed by atoms with Gasteiger partial charge in [-0.3, -0.25) is 0 Å². The van der Waals surface area contributed by atoms with Crippen LogP contribution in [0.2, 0.25) is 0 Å². The van der Waals surface area contributed by atoms with E-state index in [0.29, 0.717) is 23.7 Å². The number of rotatable bonds is 3. The van der Waals surface area contributed by atoms with Crippen molar-refractivity contribution in [1.82, 2.24) is 5.32 Å². The van der Waals surface area contributed by atoms with Gasteiger partial charge in [-0.1, -0.05) is 25.1 Å². The van der Waals surface area contributed by atoms with Crippen molar-refractivity contribution in [3.8, 4) is 0 Å². The van der Waals surface area contributed by atoms with Gasteiger partial charge in [0.15, 0.2) is 0 Å². The van der Waals surface area contributed by atoms with Gasteiger partial charge in [-0.25, -0.2) is 0 Å². The molecule has 0 aromatic carbocycles. The molecule has 1 rings (SSSR count). The predicted octanol–water partition coefficient (Wildman–Crippen LogP) is 1.75. The van der Waals surface area contributed by atoms with Crippen molar-refractivity contribution in [3.63, 3.8) is 0 Å². The molecule has 1 saturated heterocycles. The molecule has 2 nitrogen and oxygen atoms in total. The highest BCUT2D eigenvalue weighted by Gasteiger charge is 2.21. The Bertz CT molecular complexity index is 161. The molecule has 0 radical (unpaired) electrons. The zero-order valence-electron chi connectivity index (χ0n) is 7.48. The van der Waals surface area contributed by atoms with Crippen LogP contribution in [0.5, 0.6) is 0 Å². The highest BCUT2D eigenvalue weighted by Crippen LogP contribution is 2.15. The van der Waals surface area contributed by atoms with Crippen LogP contribution in [0.1, 0.15) is 13.3 Å². The Morgan fingerprint density at radius 3 is 3.08 bits per heavy atom. The van der Waals surface area contributed by atoms with E-state index in [0.717, 1.165) is 13.1 Å². The first-order chi connectivity index (χ1) is 5.70. The Morgan fingerprint density at radius 2 is 2.50 bits per heavy atom. The van der Waals surface area contributed by atoms with E-state index in [2.05, 4.69) is 18.8 Å². The van der Waals surface area contributed by atoms with Gasteiger partial charge >= 0.3 is 0 Å². The average molecular weight is 190 g/mol. The summed E-state index contributed by atoms with van der Waals surface area (Å²) in [7, 11) is 0. The first-order valence-electron chi connectivity index (χ1n) is 4.35. The van der Waals surface area contributed by atoms with E-state index in [1.54, 1.807) is 0 Å². The lowest BCUT2D eigenvalue weighted by Crippen LogP contribution is -2.41. The molecule has 1 aliphatic heterocycles. The molecule has 1 fully saturated rings. The fourth-order valence-corrected chi connectivity index (χ4v) is 1.44. The number of nitrogens with one attached hydrogen (secondary N) is 1. The summed E-state index contributed by atoms with van der Waals surface area (Å²) in [6.07, 6.45) is 1.48. The molecule has 0 amide bonds. The zero-order chi connectivity index (χ0) is 8.97. The highest BCUT2D eigenvalue weighted by atomic mass is 35.5. The fourth-order valence-electron chi connectivity index (χ4n) is 1.38. The molecule has 70 valence electrons. The van der Waals surface area contributed by atoms with E-state index in [9.17, 15) is 0 Å². The van der Waals surface area contributed by atoms with Crippen LogP contribution in [0.4, 0.5) is 0 Å². The van der Waals surface area contributed by atoms with Crippen molar-refractivity contribution in [3.05, 3.63) is 11.6 Å². The van der Waals surface area contributed by atoms with Crippen molar-refractivity contribution in [2.75, 3.05) is 19.7 Å². The summed E-state index contributed by atoms with van der Waals surface area (Å²) in [5, 5.41) is 3.87. The zero-order valence-corrected chi connectivity index (χ0v) is 8.23. The molecule has 0 aromatic heterocycles. The molecule has 12 heavy (non-hydrogen) atoms. The number of piperidine rings is 1. The van der Waals surface area contributed by atoms with Crippen LogP contribution in [0.25, 0.3) is 0 Å². The summed E-state index contributed by atoms with van der Waals surface area (Å²) in [5.74, 6) is 0.627. The lowest BCUT2D eigenvalue weighted by Gasteiger charge is -2.29. The van der Waals surface area contributed by atoms with Crippen LogP contribution in [0.15, 0.2) is 11.6 Å². The second-order valence-corrected chi connectivity index (χ2v) is 3.87. The normalized spacial score (nSPS) is 30.2. The topological polar surface area (TPSA) is 21.3 Å². The van der Waals surface area contributed by atoms with E-state index in [1.807, 2.05) is 0 Å². The molecule has 0 bridgehead atoms. The fraction of sp³-hybridized carbons (Fsp3) is 0.778. The minimum absolute atomic E-state index is 0.300. The third-order valence-electron chi connectivity index (χ3n) is 2.21. The van der Waals surface area contributed by atoms with E-state index >= 15 is 0 Å². The third kappa shape index (κ3) is 3.13. The third-order valence-corrected chi connectivity index (χ3v) is 2.32. The van der Waals surface area contributed by atoms with Crippen molar-refractivity contribution in [2.45, 2.75) is 19.4 Å². The van der Waals surface area contributed by atoms with Crippen LogP contribution in [0.3, 0.4) is 0 Å². The molecule has 0 aromatic rings. The minimum Gasteiger partial charge on any atom is -0.371 e. The van der Waals surface area contributed by atoms with Gasteiger partial charge in [0.05, 0.1) is 12.7 Å². The first-order valence-corrected chi connectivity index (χ1v) is 4.73. The maximum atomic E-state index is 5.60. The quantitative estimate of drug-likeness (QED) is 0.731. The van der Waals surface area contributed by atoms with Crippen LogP contribution in [0, 0.1) is 5.92 Å². The molecule has 0 aliphatic carbocycles. The van der Waals surface area contributed by atoms with Crippen LogP contribution >= 0.6 is 11.6 Å². The SMILES string of the molecule is C=C(Cl)COC1CNCCC1C. The van der Waals surface area contributed by atoms with Crippen LogP contribution in [-0.4, -0.2) is 25.8 Å². The van der Waals surface area contributed by atoms with Crippen molar-refractivity contribution in [2.24, 2.45) is 5.92 Å². The summed E-state index contributed by atoms with van der Waals surface area (Å²) in [6.45, 7) is 8.30. The highest BCUT2D eigenvalue weighted by molar-refractivity contribution is 6.29. The maximum Gasteiger partial charge on any atom is 0.0821 e. The van der Waals surface area contributed by atoms with Gasteiger partial charge < -0.3 is 10.1 Å². The molecule has 3 heteroatoms. The van der Waals surface area contributed by atoms with Crippen molar-refractivity contribution < 1.29 is 4.74 Å². The standard InChI is InChI=1S/C9H16ClNO/c1-7-3-4-11-5-9(7)12-6-8(2)10/h7,9,11H,2-6H2,1H3. The lowest BCUT2D eigenvalue weighted by molar-refractivity contribution is 0.0187. The molecule has 0 saturated carbocycles. The molecular formula is C9H16ClNO. The lowest BCUT2D eigenvalue weighted by atomic mass is 9.97. The number of ether oxygens (including phenoxy) is 1. The first kappa shape index (κ1) is 10.0. The molecule has 1 heterocycles. The average Bonchev–Trinajstić information content (AvgIpc) is 2.03. The second-order valence-electron chi connectivity index (χ2n) is 3.34. The van der Waals surface area contributed by atoms with E-state index in [1.165, 1.54) is 6.42 Å². The van der Waals surface area contributed by atoms with Gasteiger partial charge in [-0.15, -0.1) is 0 Å². The number of hydrogen-bond acceptors (Lipinski definition) is 2. The van der Waals surface area contributed by atoms with Gasteiger partial charge in [0, 0.05) is 11.6 Å². The Balaban J connectivity index is 2.24. The largest absolute Gasteiger partial charge is 0.371 e. The minimum atomic E-state index is 0.300. The van der Waals surface area contributed by atoms with Crippen molar-refractivity contribution in [1.29, 1.82) is 0 Å². The Morgan fingerprint density at radius 1 is 1.75 bits per heavy atom. The van der Waals surface area contributed by atoms with Gasteiger partial charge in [0.25, 0.3) is 0 Å². The monoisotopic (exact) mass is 189 g/mol. The molecule has 2 unspecified atom stereocenters. The Hall–Kier alpha value is -0.0500. The summed E-state index contributed by atoms with van der Waals surface area (Å²) in [5.41, 5.74) is 0. The second kappa shape index (κ2) is 4.85. The van der Waals surface area contributed by atoms with Crippen LogP contribution in [-0.2, 0) is 4.74 Å². The van der Waals surface area contributed by atoms with E-state index < -0.39 is 0 Å². The smallest absolute Gasteiger partial charge is 0.0821 e. The van der Waals surface area contributed by atoms with Gasteiger partial charge in [-0.05, 0) is 18.9 Å². The molecule has 0 spiro atoms. The number of halogens is 1. The van der Waals surface area contributed by atoms with E-state index in [4.69, 9.17) is 16.3 Å². The Labute approximate surface area is 78.9 Å². The molecule has 1 N–H and O–H groups in total. The summed E-state index contributed by atoms with van der Waals surface area (Å²) in [4.78, 5) is 0.